The average Bonchev–Trinajstić information content (AvgIpc) is 2.49. The summed E-state index contributed by atoms with van der Waals surface area (Å²) >= 11 is 0. The summed E-state index contributed by atoms with van der Waals surface area (Å²) < 4.78 is 27.4. The quantitative estimate of drug-likeness (QED) is 0.846. The molecule has 1 aliphatic rings. The Hall–Kier alpha value is -1.07. The van der Waals surface area contributed by atoms with Crippen molar-refractivity contribution in [3.63, 3.8) is 0 Å². The molecule has 1 aliphatic carbocycles. The summed E-state index contributed by atoms with van der Waals surface area (Å²) in [6, 6.07) is 7.93. The van der Waals surface area contributed by atoms with E-state index in [1.807, 2.05) is 24.3 Å². The Labute approximate surface area is 128 Å². The lowest BCUT2D eigenvalue weighted by Gasteiger charge is -2.22. The average molecular weight is 310 g/mol. The largest absolute Gasteiger partial charge is 0.310 e. The molecule has 4 nitrogen and oxygen atoms in total. The standard InChI is InChI=1S/C16H26N2O2S/c1-3-17-13(2)14-9-11-15(12-10-14)18-21(19,20)16-7-5-4-6-8-16/h9-13,16-18H,3-8H2,1-2H3. The van der Waals surface area contributed by atoms with Gasteiger partial charge in [-0.2, -0.15) is 0 Å². The van der Waals surface area contributed by atoms with Gasteiger partial charge in [-0.15, -0.1) is 0 Å². The predicted octanol–water partition coefficient (Wildman–Crippen LogP) is 3.43. The second-order valence-electron chi connectivity index (χ2n) is 5.81. The van der Waals surface area contributed by atoms with E-state index in [0.717, 1.165) is 44.2 Å². The molecule has 0 saturated heterocycles. The Morgan fingerprint density at radius 3 is 2.33 bits per heavy atom. The minimum absolute atomic E-state index is 0.230. The highest BCUT2D eigenvalue weighted by Gasteiger charge is 2.27. The van der Waals surface area contributed by atoms with Crippen LogP contribution in [0.5, 0.6) is 0 Å². The van der Waals surface area contributed by atoms with Crippen molar-refractivity contribution in [2.24, 2.45) is 0 Å². The lowest BCUT2D eigenvalue weighted by atomic mass is 10.0. The maximum atomic E-state index is 12.4. The van der Waals surface area contributed by atoms with Gasteiger partial charge in [-0.25, -0.2) is 8.42 Å². The zero-order valence-electron chi connectivity index (χ0n) is 12.9. The number of benzene rings is 1. The van der Waals surface area contributed by atoms with Crippen molar-refractivity contribution in [2.75, 3.05) is 11.3 Å². The van der Waals surface area contributed by atoms with Gasteiger partial charge in [0.1, 0.15) is 0 Å². The first kappa shape index (κ1) is 16.3. The topological polar surface area (TPSA) is 58.2 Å². The molecular weight excluding hydrogens is 284 g/mol. The SMILES string of the molecule is CCNC(C)c1ccc(NS(=O)(=O)C2CCCCC2)cc1. The normalized spacial score (nSPS) is 18.4. The van der Waals surface area contributed by atoms with Crippen molar-refractivity contribution >= 4 is 15.7 Å². The third kappa shape index (κ3) is 4.45. The highest BCUT2D eigenvalue weighted by molar-refractivity contribution is 7.93. The van der Waals surface area contributed by atoms with E-state index in [1.54, 1.807) is 0 Å². The van der Waals surface area contributed by atoms with Crippen LogP contribution in [0.1, 0.15) is 57.6 Å². The van der Waals surface area contributed by atoms with E-state index in [0.29, 0.717) is 5.69 Å². The maximum Gasteiger partial charge on any atom is 0.235 e. The first-order chi connectivity index (χ1) is 10.0. The Kier molecular flexibility index (Phi) is 5.65. The van der Waals surface area contributed by atoms with Crippen LogP contribution < -0.4 is 10.0 Å². The molecule has 0 spiro atoms. The molecule has 21 heavy (non-hydrogen) atoms. The number of hydrogen-bond acceptors (Lipinski definition) is 3. The molecule has 0 aliphatic heterocycles. The van der Waals surface area contributed by atoms with Crippen LogP contribution in [0.15, 0.2) is 24.3 Å². The predicted molar refractivity (Wildman–Crippen MR) is 87.9 cm³/mol. The zero-order chi connectivity index (χ0) is 15.3. The van der Waals surface area contributed by atoms with Crippen LogP contribution in [-0.2, 0) is 10.0 Å². The Morgan fingerprint density at radius 1 is 1.14 bits per heavy atom. The highest BCUT2D eigenvalue weighted by Crippen LogP contribution is 2.25. The van der Waals surface area contributed by atoms with E-state index in [1.165, 1.54) is 0 Å². The van der Waals surface area contributed by atoms with E-state index in [2.05, 4.69) is 23.9 Å². The van der Waals surface area contributed by atoms with Gasteiger partial charge in [0, 0.05) is 11.7 Å². The molecular formula is C16H26N2O2S. The van der Waals surface area contributed by atoms with Crippen molar-refractivity contribution in [3.05, 3.63) is 29.8 Å². The lowest BCUT2D eigenvalue weighted by Crippen LogP contribution is -2.29. The fourth-order valence-corrected chi connectivity index (χ4v) is 4.47. The third-order valence-electron chi connectivity index (χ3n) is 4.17. The van der Waals surface area contributed by atoms with E-state index in [4.69, 9.17) is 0 Å². The van der Waals surface area contributed by atoms with Crippen LogP contribution in [-0.4, -0.2) is 20.2 Å². The zero-order valence-corrected chi connectivity index (χ0v) is 13.7. The molecule has 0 bridgehead atoms. The van der Waals surface area contributed by atoms with Crippen LogP contribution in [0, 0.1) is 0 Å². The van der Waals surface area contributed by atoms with Gasteiger partial charge in [-0.3, -0.25) is 4.72 Å². The van der Waals surface area contributed by atoms with Crippen molar-refractivity contribution in [2.45, 2.75) is 57.2 Å². The Balaban J connectivity index is 2.02. The molecule has 0 amide bonds. The van der Waals surface area contributed by atoms with Crippen LogP contribution in [0.3, 0.4) is 0 Å². The summed E-state index contributed by atoms with van der Waals surface area (Å²) in [6.07, 6.45) is 4.76. The van der Waals surface area contributed by atoms with Crippen LogP contribution in [0.4, 0.5) is 5.69 Å². The number of nitrogens with one attached hydrogen (secondary N) is 2. The van der Waals surface area contributed by atoms with Crippen molar-refractivity contribution in [1.29, 1.82) is 0 Å². The summed E-state index contributed by atoms with van der Waals surface area (Å²) in [5, 5.41) is 3.11. The number of sulfonamides is 1. The van der Waals surface area contributed by atoms with Crippen LogP contribution in [0.2, 0.25) is 0 Å². The molecule has 1 atom stereocenters. The van der Waals surface area contributed by atoms with Gasteiger partial charge in [0.25, 0.3) is 0 Å². The molecule has 0 radical (unpaired) electrons. The van der Waals surface area contributed by atoms with Crippen molar-refractivity contribution < 1.29 is 8.42 Å². The molecule has 0 aromatic heterocycles. The van der Waals surface area contributed by atoms with Crippen LogP contribution in [0.25, 0.3) is 0 Å². The monoisotopic (exact) mass is 310 g/mol. The Morgan fingerprint density at radius 2 is 1.76 bits per heavy atom. The fourth-order valence-electron chi connectivity index (χ4n) is 2.89. The Bertz CT molecular complexity index is 534. The van der Waals surface area contributed by atoms with Gasteiger partial charge in [0.2, 0.25) is 10.0 Å². The molecule has 0 heterocycles. The molecule has 5 heteroatoms. The number of rotatable bonds is 6. The van der Waals surface area contributed by atoms with Gasteiger partial charge in [-0.05, 0) is 44.0 Å². The van der Waals surface area contributed by atoms with Gasteiger partial charge < -0.3 is 5.32 Å². The van der Waals surface area contributed by atoms with Crippen molar-refractivity contribution in [3.8, 4) is 0 Å². The minimum Gasteiger partial charge on any atom is -0.310 e. The van der Waals surface area contributed by atoms with E-state index in [-0.39, 0.29) is 11.3 Å². The summed E-state index contributed by atoms with van der Waals surface area (Å²) in [5.41, 5.74) is 1.82. The third-order valence-corrected chi connectivity index (χ3v) is 6.04. The minimum atomic E-state index is -3.25. The van der Waals surface area contributed by atoms with E-state index < -0.39 is 10.0 Å². The van der Waals surface area contributed by atoms with E-state index in [9.17, 15) is 8.42 Å². The molecule has 1 aromatic rings. The van der Waals surface area contributed by atoms with Crippen LogP contribution >= 0.6 is 0 Å². The summed E-state index contributed by atoms with van der Waals surface area (Å²) in [5.74, 6) is 0. The highest BCUT2D eigenvalue weighted by atomic mass is 32.2. The molecule has 2 N–H and O–H groups in total. The van der Waals surface area contributed by atoms with Crippen molar-refractivity contribution in [1.82, 2.24) is 5.32 Å². The first-order valence-electron chi connectivity index (χ1n) is 7.88. The summed E-state index contributed by atoms with van der Waals surface area (Å²) in [7, 11) is -3.25. The first-order valence-corrected chi connectivity index (χ1v) is 9.42. The molecule has 1 unspecified atom stereocenters. The maximum absolute atomic E-state index is 12.4. The summed E-state index contributed by atoms with van der Waals surface area (Å²) in [4.78, 5) is 0. The molecule has 1 aromatic carbocycles. The fraction of sp³-hybridized carbons (Fsp3) is 0.625. The lowest BCUT2D eigenvalue weighted by molar-refractivity contribution is 0.486. The van der Waals surface area contributed by atoms with Gasteiger partial charge in [-0.1, -0.05) is 38.3 Å². The number of hydrogen-bond donors (Lipinski definition) is 2. The number of anilines is 1. The molecule has 2 rings (SSSR count). The second kappa shape index (κ2) is 7.27. The van der Waals surface area contributed by atoms with Gasteiger partial charge in [0.05, 0.1) is 5.25 Å². The van der Waals surface area contributed by atoms with Gasteiger partial charge >= 0.3 is 0 Å². The second-order valence-corrected chi connectivity index (χ2v) is 7.77. The molecule has 1 fully saturated rings. The molecule has 118 valence electrons. The summed E-state index contributed by atoms with van der Waals surface area (Å²) in [6.45, 7) is 5.09. The van der Waals surface area contributed by atoms with E-state index >= 15 is 0 Å². The molecule has 1 saturated carbocycles. The van der Waals surface area contributed by atoms with Gasteiger partial charge in [0.15, 0.2) is 0 Å². The smallest absolute Gasteiger partial charge is 0.235 e.